The van der Waals surface area contributed by atoms with Gasteiger partial charge in [-0.25, -0.2) is 0 Å². The van der Waals surface area contributed by atoms with E-state index in [-0.39, 0.29) is 6.10 Å². The number of nitrogens with one attached hydrogen (secondary N) is 1. The highest BCUT2D eigenvalue weighted by atomic mass is 16.5. The van der Waals surface area contributed by atoms with E-state index in [1.54, 1.807) is 0 Å². The Morgan fingerprint density at radius 3 is 2.31 bits per heavy atom. The van der Waals surface area contributed by atoms with Crippen molar-refractivity contribution in [2.24, 2.45) is 11.8 Å². The quantitative estimate of drug-likeness (QED) is 0.565. The van der Waals surface area contributed by atoms with Crippen LogP contribution in [0.1, 0.15) is 40.5 Å². The van der Waals surface area contributed by atoms with E-state index in [4.69, 9.17) is 4.74 Å². The van der Waals surface area contributed by atoms with Gasteiger partial charge < -0.3 is 15.2 Å². The van der Waals surface area contributed by atoms with Crippen molar-refractivity contribution in [3.63, 3.8) is 0 Å². The zero-order valence-electron chi connectivity index (χ0n) is 11.3. The molecule has 0 aliphatic carbocycles. The van der Waals surface area contributed by atoms with Gasteiger partial charge in [-0.1, -0.05) is 27.7 Å². The minimum Gasteiger partial charge on any atom is -0.389 e. The van der Waals surface area contributed by atoms with Crippen molar-refractivity contribution in [2.45, 2.75) is 46.6 Å². The minimum atomic E-state index is -0.377. The van der Waals surface area contributed by atoms with Gasteiger partial charge in [0.1, 0.15) is 0 Å². The van der Waals surface area contributed by atoms with Gasteiger partial charge in [-0.15, -0.1) is 0 Å². The van der Waals surface area contributed by atoms with Crippen molar-refractivity contribution in [1.29, 1.82) is 0 Å². The molecule has 0 aromatic heterocycles. The molecule has 0 aliphatic rings. The van der Waals surface area contributed by atoms with Crippen molar-refractivity contribution >= 4 is 0 Å². The molecule has 0 aliphatic heterocycles. The number of hydrogen-bond acceptors (Lipinski definition) is 3. The smallest absolute Gasteiger partial charge is 0.0897 e. The second-order valence-corrected chi connectivity index (χ2v) is 5.33. The molecule has 2 N–H and O–H groups in total. The summed E-state index contributed by atoms with van der Waals surface area (Å²) in [6, 6.07) is 0. The molecule has 3 heteroatoms. The van der Waals surface area contributed by atoms with Gasteiger partial charge in [-0.3, -0.25) is 0 Å². The molecule has 0 bridgehead atoms. The Balaban J connectivity index is 3.20. The topological polar surface area (TPSA) is 41.5 Å². The Kier molecular flexibility index (Phi) is 9.99. The van der Waals surface area contributed by atoms with E-state index in [0.29, 0.717) is 19.1 Å². The van der Waals surface area contributed by atoms with Gasteiger partial charge in [0.15, 0.2) is 0 Å². The number of aliphatic hydroxyl groups excluding tert-OH is 1. The Morgan fingerprint density at radius 1 is 1.06 bits per heavy atom. The van der Waals surface area contributed by atoms with Gasteiger partial charge >= 0.3 is 0 Å². The standard InChI is InChI=1S/C13H29NO2/c1-11(2)6-5-7-14-8-13(15)10-16-9-12(3)4/h11-15H,5-10H2,1-4H3. The van der Waals surface area contributed by atoms with Crippen LogP contribution in [0.2, 0.25) is 0 Å². The van der Waals surface area contributed by atoms with Crippen LogP contribution in [0, 0.1) is 11.8 Å². The highest BCUT2D eigenvalue weighted by Crippen LogP contribution is 2.01. The van der Waals surface area contributed by atoms with Gasteiger partial charge in [-0.05, 0) is 31.2 Å². The maximum absolute atomic E-state index is 9.58. The molecule has 0 amide bonds. The van der Waals surface area contributed by atoms with E-state index in [0.717, 1.165) is 19.1 Å². The monoisotopic (exact) mass is 231 g/mol. The lowest BCUT2D eigenvalue weighted by Crippen LogP contribution is -2.31. The molecule has 3 nitrogen and oxygen atoms in total. The summed E-state index contributed by atoms with van der Waals surface area (Å²) in [5.41, 5.74) is 0. The summed E-state index contributed by atoms with van der Waals surface area (Å²) in [5.74, 6) is 1.30. The molecule has 0 aromatic rings. The van der Waals surface area contributed by atoms with Gasteiger partial charge in [0, 0.05) is 13.2 Å². The van der Waals surface area contributed by atoms with E-state index >= 15 is 0 Å². The molecular formula is C13H29NO2. The first-order chi connectivity index (χ1) is 7.52. The Bertz CT molecular complexity index is 149. The lowest BCUT2D eigenvalue weighted by molar-refractivity contribution is 0.0262. The van der Waals surface area contributed by atoms with Gasteiger partial charge in [-0.2, -0.15) is 0 Å². The third-order valence-corrected chi connectivity index (χ3v) is 2.28. The molecule has 0 radical (unpaired) electrons. The van der Waals surface area contributed by atoms with Crippen LogP contribution in [0.15, 0.2) is 0 Å². The lowest BCUT2D eigenvalue weighted by atomic mass is 10.1. The summed E-state index contributed by atoms with van der Waals surface area (Å²) in [6.45, 7) is 11.5. The lowest BCUT2D eigenvalue weighted by Gasteiger charge is -2.13. The highest BCUT2D eigenvalue weighted by molar-refractivity contribution is 4.59. The van der Waals surface area contributed by atoms with Crippen LogP contribution in [0.25, 0.3) is 0 Å². The highest BCUT2D eigenvalue weighted by Gasteiger charge is 2.04. The fourth-order valence-corrected chi connectivity index (χ4v) is 1.40. The Labute approximate surface area is 101 Å². The van der Waals surface area contributed by atoms with Crippen LogP contribution >= 0.6 is 0 Å². The molecule has 0 aromatic carbocycles. The maximum atomic E-state index is 9.58. The first-order valence-electron chi connectivity index (χ1n) is 6.49. The second kappa shape index (κ2) is 10.1. The van der Waals surface area contributed by atoms with Gasteiger partial charge in [0.2, 0.25) is 0 Å². The number of hydrogen-bond donors (Lipinski definition) is 2. The van der Waals surface area contributed by atoms with E-state index < -0.39 is 0 Å². The number of rotatable bonds is 10. The van der Waals surface area contributed by atoms with E-state index in [1.165, 1.54) is 12.8 Å². The molecule has 0 saturated heterocycles. The molecule has 0 fully saturated rings. The second-order valence-electron chi connectivity index (χ2n) is 5.33. The fourth-order valence-electron chi connectivity index (χ4n) is 1.40. The number of aliphatic hydroxyl groups is 1. The van der Waals surface area contributed by atoms with E-state index in [2.05, 4.69) is 33.0 Å². The van der Waals surface area contributed by atoms with Crippen molar-refractivity contribution < 1.29 is 9.84 Å². The zero-order chi connectivity index (χ0) is 12.4. The summed E-state index contributed by atoms with van der Waals surface area (Å²) < 4.78 is 5.36. The maximum Gasteiger partial charge on any atom is 0.0897 e. The molecule has 16 heavy (non-hydrogen) atoms. The van der Waals surface area contributed by atoms with Crippen LogP contribution < -0.4 is 5.32 Å². The normalized spacial score (nSPS) is 13.7. The summed E-state index contributed by atoms with van der Waals surface area (Å²) in [4.78, 5) is 0. The van der Waals surface area contributed by atoms with E-state index in [1.807, 2.05) is 0 Å². The molecule has 98 valence electrons. The number of ether oxygens (including phenoxy) is 1. The summed E-state index contributed by atoms with van der Waals surface area (Å²) in [7, 11) is 0. The Morgan fingerprint density at radius 2 is 1.75 bits per heavy atom. The van der Waals surface area contributed by atoms with Crippen LogP contribution in [-0.4, -0.2) is 37.5 Å². The summed E-state index contributed by atoms with van der Waals surface area (Å²) in [5, 5.41) is 12.8. The van der Waals surface area contributed by atoms with Crippen LogP contribution in [-0.2, 0) is 4.74 Å². The van der Waals surface area contributed by atoms with Crippen molar-refractivity contribution in [3.8, 4) is 0 Å². The molecule has 1 atom stereocenters. The Hall–Kier alpha value is -0.120. The van der Waals surface area contributed by atoms with E-state index in [9.17, 15) is 5.11 Å². The molecule has 1 unspecified atom stereocenters. The van der Waals surface area contributed by atoms with Crippen LogP contribution in [0.3, 0.4) is 0 Å². The van der Waals surface area contributed by atoms with Crippen LogP contribution in [0.5, 0.6) is 0 Å². The SMILES string of the molecule is CC(C)CCCNCC(O)COCC(C)C. The first-order valence-corrected chi connectivity index (χ1v) is 6.49. The molecule has 0 heterocycles. The van der Waals surface area contributed by atoms with Crippen molar-refractivity contribution in [2.75, 3.05) is 26.3 Å². The van der Waals surface area contributed by atoms with Crippen LogP contribution in [0.4, 0.5) is 0 Å². The molecule has 0 spiro atoms. The fraction of sp³-hybridized carbons (Fsp3) is 1.00. The zero-order valence-corrected chi connectivity index (χ0v) is 11.3. The average molecular weight is 231 g/mol. The molecule has 0 rings (SSSR count). The summed E-state index contributed by atoms with van der Waals surface area (Å²) >= 11 is 0. The predicted molar refractivity (Wildman–Crippen MR) is 68.6 cm³/mol. The predicted octanol–water partition coefficient (Wildman–Crippen LogP) is 2.05. The largest absolute Gasteiger partial charge is 0.389 e. The molecular weight excluding hydrogens is 202 g/mol. The van der Waals surface area contributed by atoms with Gasteiger partial charge in [0.25, 0.3) is 0 Å². The summed E-state index contributed by atoms with van der Waals surface area (Å²) in [6.07, 6.45) is 2.04. The molecule has 0 saturated carbocycles. The average Bonchev–Trinajstić information content (AvgIpc) is 2.16. The van der Waals surface area contributed by atoms with Crippen molar-refractivity contribution in [1.82, 2.24) is 5.32 Å². The third kappa shape index (κ3) is 12.0. The van der Waals surface area contributed by atoms with Gasteiger partial charge in [0.05, 0.1) is 12.7 Å². The minimum absolute atomic E-state index is 0.377. The third-order valence-electron chi connectivity index (χ3n) is 2.28. The first kappa shape index (κ1) is 15.9. The van der Waals surface area contributed by atoms with Crippen molar-refractivity contribution in [3.05, 3.63) is 0 Å².